The molecule has 1 aromatic carbocycles. The third kappa shape index (κ3) is 2.94. The zero-order valence-electron chi connectivity index (χ0n) is 11.5. The standard InChI is InChI=1S/C16H21N3/c1-13-11-14(12-17-19-9-5-2-6-10-19)15-7-3-4-8-16(15)18-13/h3-4,7-8,11,17H,2,5-6,9-10,12H2,1H3. The molecule has 0 radical (unpaired) electrons. The first-order valence-corrected chi connectivity index (χ1v) is 7.17. The molecule has 100 valence electrons. The Labute approximate surface area is 114 Å². The van der Waals surface area contributed by atoms with Crippen LogP contribution in [-0.4, -0.2) is 23.1 Å². The maximum Gasteiger partial charge on any atom is 0.0708 e. The van der Waals surface area contributed by atoms with Gasteiger partial charge < -0.3 is 0 Å². The van der Waals surface area contributed by atoms with Crippen molar-refractivity contribution in [3.63, 3.8) is 0 Å². The number of rotatable bonds is 3. The molecule has 0 aliphatic carbocycles. The minimum Gasteiger partial charge on any atom is -0.253 e. The van der Waals surface area contributed by atoms with E-state index in [-0.39, 0.29) is 0 Å². The first-order valence-electron chi connectivity index (χ1n) is 7.17. The third-order valence-electron chi connectivity index (χ3n) is 3.78. The number of benzene rings is 1. The van der Waals surface area contributed by atoms with Crippen LogP contribution in [0, 0.1) is 6.92 Å². The van der Waals surface area contributed by atoms with Crippen LogP contribution >= 0.6 is 0 Å². The van der Waals surface area contributed by atoms with Crippen molar-refractivity contribution in [3.05, 3.63) is 41.6 Å². The Morgan fingerprint density at radius 1 is 1.16 bits per heavy atom. The highest BCUT2D eigenvalue weighted by Crippen LogP contribution is 2.18. The summed E-state index contributed by atoms with van der Waals surface area (Å²) >= 11 is 0. The van der Waals surface area contributed by atoms with Crippen LogP contribution in [0.1, 0.15) is 30.5 Å². The van der Waals surface area contributed by atoms with Gasteiger partial charge in [0, 0.05) is 30.7 Å². The van der Waals surface area contributed by atoms with E-state index in [1.807, 2.05) is 0 Å². The fourth-order valence-corrected chi connectivity index (χ4v) is 2.79. The number of para-hydroxylation sites is 1. The summed E-state index contributed by atoms with van der Waals surface area (Å²) in [7, 11) is 0. The highest BCUT2D eigenvalue weighted by molar-refractivity contribution is 5.82. The van der Waals surface area contributed by atoms with E-state index in [1.54, 1.807) is 0 Å². The molecular formula is C16H21N3. The summed E-state index contributed by atoms with van der Waals surface area (Å²) in [6, 6.07) is 10.6. The number of hydrogen-bond acceptors (Lipinski definition) is 3. The molecule has 0 spiro atoms. The average Bonchev–Trinajstić information content (AvgIpc) is 2.45. The van der Waals surface area contributed by atoms with Gasteiger partial charge in [0.25, 0.3) is 0 Å². The Kier molecular flexibility index (Phi) is 3.76. The Balaban J connectivity index is 1.79. The van der Waals surface area contributed by atoms with Crippen molar-refractivity contribution in [1.29, 1.82) is 0 Å². The van der Waals surface area contributed by atoms with Gasteiger partial charge in [0.05, 0.1) is 5.52 Å². The number of aryl methyl sites for hydroxylation is 1. The predicted molar refractivity (Wildman–Crippen MR) is 78.7 cm³/mol. The molecule has 0 saturated carbocycles. The molecule has 1 N–H and O–H groups in total. The van der Waals surface area contributed by atoms with Crippen molar-refractivity contribution >= 4 is 10.9 Å². The van der Waals surface area contributed by atoms with Gasteiger partial charge in [-0.15, -0.1) is 0 Å². The zero-order chi connectivity index (χ0) is 13.1. The summed E-state index contributed by atoms with van der Waals surface area (Å²) in [5.74, 6) is 0. The summed E-state index contributed by atoms with van der Waals surface area (Å²) in [4.78, 5) is 4.59. The lowest BCUT2D eigenvalue weighted by Gasteiger charge is -2.27. The van der Waals surface area contributed by atoms with Gasteiger partial charge in [0.2, 0.25) is 0 Å². The number of hydrazine groups is 1. The maximum absolute atomic E-state index is 4.59. The second kappa shape index (κ2) is 5.68. The number of piperidine rings is 1. The molecule has 3 heteroatoms. The van der Waals surface area contributed by atoms with E-state index in [2.05, 4.69) is 52.7 Å². The molecule has 3 rings (SSSR count). The van der Waals surface area contributed by atoms with Gasteiger partial charge in [-0.1, -0.05) is 24.6 Å². The van der Waals surface area contributed by atoms with Gasteiger partial charge in [-0.05, 0) is 37.5 Å². The molecule has 2 aromatic rings. The highest BCUT2D eigenvalue weighted by atomic mass is 15.5. The summed E-state index contributed by atoms with van der Waals surface area (Å²) in [6.07, 6.45) is 3.99. The Bertz CT molecular complexity index is 559. The number of nitrogens with one attached hydrogen (secondary N) is 1. The van der Waals surface area contributed by atoms with Crippen LogP contribution in [-0.2, 0) is 6.54 Å². The monoisotopic (exact) mass is 255 g/mol. The predicted octanol–water partition coefficient (Wildman–Crippen LogP) is 3.03. The van der Waals surface area contributed by atoms with Gasteiger partial charge in [0.1, 0.15) is 0 Å². The zero-order valence-corrected chi connectivity index (χ0v) is 11.5. The van der Waals surface area contributed by atoms with Gasteiger partial charge in [-0.2, -0.15) is 0 Å². The number of fused-ring (bicyclic) bond motifs is 1. The van der Waals surface area contributed by atoms with Crippen molar-refractivity contribution in [1.82, 2.24) is 15.4 Å². The molecule has 0 amide bonds. The minimum absolute atomic E-state index is 0.893. The second-order valence-corrected chi connectivity index (χ2v) is 5.32. The van der Waals surface area contributed by atoms with Gasteiger partial charge in [-0.25, -0.2) is 5.01 Å². The summed E-state index contributed by atoms with van der Waals surface area (Å²) in [6.45, 7) is 5.30. The Hall–Kier alpha value is -1.45. The molecule has 1 aliphatic heterocycles. The van der Waals surface area contributed by atoms with Crippen molar-refractivity contribution in [2.75, 3.05) is 13.1 Å². The molecule has 1 saturated heterocycles. The van der Waals surface area contributed by atoms with Crippen molar-refractivity contribution in [2.45, 2.75) is 32.7 Å². The van der Waals surface area contributed by atoms with Gasteiger partial charge in [-0.3, -0.25) is 10.4 Å². The molecule has 19 heavy (non-hydrogen) atoms. The fraction of sp³-hybridized carbons (Fsp3) is 0.438. The quantitative estimate of drug-likeness (QED) is 0.913. The Morgan fingerprint density at radius 2 is 1.95 bits per heavy atom. The van der Waals surface area contributed by atoms with Gasteiger partial charge >= 0.3 is 0 Å². The molecule has 2 heterocycles. The van der Waals surface area contributed by atoms with Crippen LogP contribution in [0.4, 0.5) is 0 Å². The second-order valence-electron chi connectivity index (χ2n) is 5.32. The maximum atomic E-state index is 4.59. The van der Waals surface area contributed by atoms with Crippen LogP contribution in [0.5, 0.6) is 0 Å². The summed E-state index contributed by atoms with van der Waals surface area (Å²) in [5.41, 5.74) is 7.09. The number of pyridine rings is 1. The normalized spacial score (nSPS) is 16.9. The Morgan fingerprint density at radius 3 is 2.79 bits per heavy atom. The lowest BCUT2D eigenvalue weighted by molar-refractivity contribution is 0.151. The lowest BCUT2D eigenvalue weighted by Crippen LogP contribution is -2.41. The largest absolute Gasteiger partial charge is 0.253 e. The van der Waals surface area contributed by atoms with E-state index < -0.39 is 0 Å². The number of hydrogen-bond donors (Lipinski definition) is 1. The molecule has 3 nitrogen and oxygen atoms in total. The molecule has 0 atom stereocenters. The molecule has 0 bridgehead atoms. The fourth-order valence-electron chi connectivity index (χ4n) is 2.79. The lowest BCUT2D eigenvalue weighted by atomic mass is 10.1. The van der Waals surface area contributed by atoms with Crippen LogP contribution < -0.4 is 5.43 Å². The highest BCUT2D eigenvalue weighted by Gasteiger charge is 2.10. The van der Waals surface area contributed by atoms with E-state index in [1.165, 1.54) is 43.3 Å². The molecule has 1 aliphatic rings. The smallest absolute Gasteiger partial charge is 0.0708 e. The van der Waals surface area contributed by atoms with Crippen LogP contribution in [0.25, 0.3) is 10.9 Å². The van der Waals surface area contributed by atoms with Crippen molar-refractivity contribution in [3.8, 4) is 0 Å². The molecule has 0 unspecified atom stereocenters. The third-order valence-corrected chi connectivity index (χ3v) is 3.78. The topological polar surface area (TPSA) is 28.2 Å². The van der Waals surface area contributed by atoms with Crippen LogP contribution in [0.2, 0.25) is 0 Å². The number of aromatic nitrogens is 1. The number of nitrogens with zero attached hydrogens (tertiary/aromatic N) is 2. The van der Waals surface area contributed by atoms with Crippen molar-refractivity contribution in [2.24, 2.45) is 0 Å². The minimum atomic E-state index is 0.893. The van der Waals surface area contributed by atoms with Crippen molar-refractivity contribution < 1.29 is 0 Å². The summed E-state index contributed by atoms with van der Waals surface area (Å²) in [5, 5.41) is 3.62. The van der Waals surface area contributed by atoms with E-state index in [0.717, 1.165) is 17.8 Å². The molecule has 1 fully saturated rings. The van der Waals surface area contributed by atoms with E-state index in [0.29, 0.717) is 0 Å². The molecular weight excluding hydrogens is 234 g/mol. The first-order chi connectivity index (χ1) is 9.33. The van der Waals surface area contributed by atoms with E-state index >= 15 is 0 Å². The summed E-state index contributed by atoms with van der Waals surface area (Å²) < 4.78 is 0. The molecule has 1 aromatic heterocycles. The average molecular weight is 255 g/mol. The van der Waals surface area contributed by atoms with E-state index in [4.69, 9.17) is 0 Å². The first kappa shape index (κ1) is 12.6. The van der Waals surface area contributed by atoms with E-state index in [9.17, 15) is 0 Å². The SMILES string of the molecule is Cc1cc(CNN2CCCCC2)c2ccccc2n1. The van der Waals surface area contributed by atoms with Crippen LogP contribution in [0.3, 0.4) is 0 Å². The van der Waals surface area contributed by atoms with Gasteiger partial charge in [0.15, 0.2) is 0 Å². The van der Waals surface area contributed by atoms with Crippen LogP contribution in [0.15, 0.2) is 30.3 Å².